The molecule has 13 aromatic carbocycles. The van der Waals surface area contributed by atoms with Crippen LogP contribution in [0.15, 0.2) is 272 Å². The second-order valence-corrected chi connectivity index (χ2v) is 23.6. The van der Waals surface area contributed by atoms with E-state index in [2.05, 4.69) is 292 Å². The molecule has 0 aliphatic carbocycles. The van der Waals surface area contributed by atoms with Gasteiger partial charge in [-0.3, -0.25) is 0 Å². The van der Waals surface area contributed by atoms with Crippen LogP contribution in [0.3, 0.4) is 0 Å². The molecule has 4 heterocycles. The maximum Gasteiger partial charge on any atom is 0.159 e. The molecule has 0 aliphatic rings. The summed E-state index contributed by atoms with van der Waals surface area (Å²) in [7, 11) is 0. The van der Waals surface area contributed by atoms with Gasteiger partial charge in [-0.25, -0.2) is 0 Å². The summed E-state index contributed by atoms with van der Waals surface area (Å²) in [5.41, 5.74) is 19.7. The summed E-state index contributed by atoms with van der Waals surface area (Å²) in [6, 6.07) is 91.4. The van der Waals surface area contributed by atoms with E-state index in [9.17, 15) is 0 Å². The smallest absolute Gasteiger partial charge is 0.159 e. The Balaban J connectivity index is 0.762. The maximum absolute atomic E-state index is 7.02. The summed E-state index contributed by atoms with van der Waals surface area (Å²) >= 11 is 0. The van der Waals surface area contributed by atoms with Crippen molar-refractivity contribution in [1.82, 2.24) is 0 Å². The summed E-state index contributed by atoms with van der Waals surface area (Å²) in [5.74, 6) is 0.806. The highest BCUT2D eigenvalue weighted by Crippen LogP contribution is 2.48. The monoisotopic (exact) mass is 1110 g/mol. The van der Waals surface area contributed by atoms with Crippen LogP contribution in [0.5, 0.6) is 0 Å². The number of furan rings is 4. The van der Waals surface area contributed by atoms with E-state index >= 15 is 0 Å². The highest BCUT2D eigenvalue weighted by molar-refractivity contribution is 6.20. The molecule has 0 bridgehead atoms. The first-order valence-electron chi connectivity index (χ1n) is 29.7. The van der Waals surface area contributed by atoms with Crippen LogP contribution in [0.25, 0.3) is 132 Å². The lowest BCUT2D eigenvalue weighted by Crippen LogP contribution is -2.10. The largest absolute Gasteiger partial charge is 0.456 e. The molecule has 4 aromatic heterocycles. The fraction of sp³-hybridized carbons (Fsp3) is 0.0750. The summed E-state index contributed by atoms with van der Waals surface area (Å²) in [5, 5.41) is 12.8. The molecule has 0 aliphatic heterocycles. The molecule has 0 atom stereocenters. The number of hydrogen-bond donors (Lipinski definition) is 0. The quantitative estimate of drug-likeness (QED) is 0.136. The molecule has 0 N–H and O–H groups in total. The van der Waals surface area contributed by atoms with Crippen molar-refractivity contribution in [3.05, 3.63) is 266 Å². The lowest BCUT2D eigenvalue weighted by Gasteiger charge is -2.26. The summed E-state index contributed by atoms with van der Waals surface area (Å²) in [4.78, 5) is 4.66. The molecule has 17 rings (SSSR count). The molecule has 0 saturated heterocycles. The minimum Gasteiger partial charge on any atom is -0.456 e. The number of anilines is 6. The molecule has 0 saturated carbocycles. The summed E-state index contributed by atoms with van der Waals surface area (Å²) in [6.07, 6.45) is 0. The van der Waals surface area contributed by atoms with Gasteiger partial charge in [0, 0.05) is 77.0 Å². The van der Waals surface area contributed by atoms with Crippen LogP contribution in [-0.2, 0) is 0 Å². The fourth-order valence-electron chi connectivity index (χ4n) is 13.3. The molecule has 6 heteroatoms. The van der Waals surface area contributed by atoms with Gasteiger partial charge in [0.1, 0.15) is 33.5 Å². The number of rotatable bonds is 10. The van der Waals surface area contributed by atoms with Crippen LogP contribution < -0.4 is 9.80 Å². The van der Waals surface area contributed by atoms with Gasteiger partial charge in [0.2, 0.25) is 0 Å². The van der Waals surface area contributed by atoms with Crippen LogP contribution in [0, 0.1) is 0 Å². The van der Waals surface area contributed by atoms with Crippen molar-refractivity contribution in [3.8, 4) is 22.3 Å². The van der Waals surface area contributed by atoms with E-state index in [1.54, 1.807) is 0 Å². The van der Waals surface area contributed by atoms with E-state index in [0.717, 1.165) is 166 Å². The first-order valence-corrected chi connectivity index (χ1v) is 29.7. The highest BCUT2D eigenvalue weighted by atomic mass is 16.3. The minimum absolute atomic E-state index is 0.403. The molecule has 6 nitrogen and oxygen atoms in total. The lowest BCUT2D eigenvalue weighted by atomic mass is 10.0. The molecule has 17 aromatic rings. The second kappa shape index (κ2) is 19.4. The van der Waals surface area contributed by atoms with E-state index in [4.69, 9.17) is 17.7 Å². The Morgan fingerprint density at radius 1 is 0.256 bits per heavy atom. The third-order valence-electron chi connectivity index (χ3n) is 17.8. The Morgan fingerprint density at radius 3 is 1.02 bits per heavy atom. The number of para-hydroxylation sites is 4. The van der Waals surface area contributed by atoms with Crippen molar-refractivity contribution < 1.29 is 17.7 Å². The number of hydrogen-bond acceptors (Lipinski definition) is 6. The Labute approximate surface area is 495 Å². The predicted octanol–water partition coefficient (Wildman–Crippen LogP) is 24.1. The normalized spacial score (nSPS) is 12.2. The van der Waals surface area contributed by atoms with Crippen molar-refractivity contribution in [3.63, 3.8) is 0 Å². The van der Waals surface area contributed by atoms with Gasteiger partial charge in [-0.15, -0.1) is 0 Å². The molecule has 0 amide bonds. The van der Waals surface area contributed by atoms with Gasteiger partial charge in [-0.05, 0) is 153 Å². The Bertz CT molecular complexity index is 5190. The predicted molar refractivity (Wildman–Crippen MR) is 359 cm³/mol. The van der Waals surface area contributed by atoms with Crippen LogP contribution in [0.2, 0.25) is 0 Å². The fourth-order valence-corrected chi connectivity index (χ4v) is 13.3. The molecule has 0 unspecified atom stereocenters. The molecule has 86 heavy (non-hydrogen) atoms. The first kappa shape index (κ1) is 49.8. The number of nitrogens with zero attached hydrogens (tertiary/aromatic N) is 2. The van der Waals surface area contributed by atoms with E-state index in [-0.39, 0.29) is 0 Å². The highest BCUT2D eigenvalue weighted by Gasteiger charge is 2.25. The van der Waals surface area contributed by atoms with E-state index in [0.29, 0.717) is 11.8 Å². The van der Waals surface area contributed by atoms with Crippen molar-refractivity contribution >= 4 is 143 Å². The summed E-state index contributed by atoms with van der Waals surface area (Å²) < 4.78 is 27.8. The maximum atomic E-state index is 7.02. The minimum atomic E-state index is 0.403. The topological polar surface area (TPSA) is 59.0 Å². The average Bonchev–Trinajstić information content (AvgIpc) is 2.27. The first-order chi connectivity index (χ1) is 42.2. The second-order valence-electron chi connectivity index (χ2n) is 23.6. The molecular formula is C80H56N2O4. The van der Waals surface area contributed by atoms with E-state index in [1.807, 2.05) is 0 Å². The molecule has 0 fully saturated rings. The van der Waals surface area contributed by atoms with Gasteiger partial charge in [0.05, 0.1) is 11.4 Å². The molecular weight excluding hydrogens is 1050 g/mol. The Morgan fingerprint density at radius 2 is 0.616 bits per heavy atom. The van der Waals surface area contributed by atoms with E-state index < -0.39 is 0 Å². The Kier molecular flexibility index (Phi) is 11.2. The van der Waals surface area contributed by atoms with Crippen LogP contribution in [0.1, 0.15) is 50.7 Å². The van der Waals surface area contributed by atoms with Crippen molar-refractivity contribution in [1.29, 1.82) is 0 Å². The molecule has 410 valence electrons. The standard InChI is InChI=1S/C80H56N2O4/c1-47(2)49-27-33-57(34-28-49)81(71-25-13-23-65-63-21-11-19-61(77(63)85-79(65)71)51-15-7-5-8-16-51)59-37-31-53-41-67-69-45-76-70(46-75(69)83-73(67)43-55(53)39-59)68-42-54-32-38-60(40-56(54)44-74(68)84-76)82(58-35-29-50(30-36-58)48(3)4)72-26-14-24-66-64-22-12-20-62(78(64)86-80(66)72)52-17-9-6-10-18-52/h5-48H,1-4H3. The molecule has 0 spiro atoms. The third kappa shape index (κ3) is 7.94. The van der Waals surface area contributed by atoms with Gasteiger partial charge < -0.3 is 27.5 Å². The van der Waals surface area contributed by atoms with Crippen LogP contribution >= 0.6 is 0 Å². The number of benzene rings is 13. The average molecular weight is 1110 g/mol. The van der Waals surface area contributed by atoms with E-state index in [1.165, 1.54) is 11.1 Å². The zero-order valence-electron chi connectivity index (χ0n) is 47.9. The van der Waals surface area contributed by atoms with Gasteiger partial charge in [-0.2, -0.15) is 0 Å². The van der Waals surface area contributed by atoms with Gasteiger partial charge in [-0.1, -0.05) is 185 Å². The number of fused-ring (bicyclic) bond motifs is 14. The van der Waals surface area contributed by atoms with Crippen LogP contribution in [-0.4, -0.2) is 0 Å². The van der Waals surface area contributed by atoms with Gasteiger partial charge in [0.15, 0.2) is 11.2 Å². The third-order valence-corrected chi connectivity index (χ3v) is 17.8. The van der Waals surface area contributed by atoms with Crippen molar-refractivity contribution in [2.24, 2.45) is 0 Å². The van der Waals surface area contributed by atoms with Gasteiger partial charge >= 0.3 is 0 Å². The molecule has 0 radical (unpaired) electrons. The Hall–Kier alpha value is -10.8. The zero-order valence-corrected chi connectivity index (χ0v) is 47.9. The van der Waals surface area contributed by atoms with Crippen LogP contribution in [0.4, 0.5) is 34.1 Å². The lowest BCUT2D eigenvalue weighted by molar-refractivity contribution is 0.664. The van der Waals surface area contributed by atoms with Gasteiger partial charge in [0.25, 0.3) is 0 Å². The zero-order chi connectivity index (χ0) is 57.3. The van der Waals surface area contributed by atoms with Crippen molar-refractivity contribution in [2.45, 2.75) is 39.5 Å². The SMILES string of the molecule is CC(C)c1ccc(N(c2ccc3cc4c(cc3c2)oc2cc3c(cc24)oc2cc4cc(N(c5ccc(C(C)C)cc5)c5cccc6c5oc5c(-c7ccccc7)cccc56)ccc4cc23)c2cccc3c2oc2c(-c4ccccc4)cccc23)cc1. The van der Waals surface area contributed by atoms with Crippen molar-refractivity contribution in [2.75, 3.05) is 9.80 Å². The summed E-state index contributed by atoms with van der Waals surface area (Å²) in [6.45, 7) is 8.94.